The number of aliphatic hydroxyl groups is 1. The fourth-order valence-corrected chi connectivity index (χ4v) is 2.15. The van der Waals surface area contributed by atoms with E-state index >= 15 is 0 Å². The minimum Gasteiger partial charge on any atom is -0.444 e. The molecule has 1 aromatic rings. The number of alkyl carbamates (subject to hydrolysis) is 1. The average molecular weight is 336 g/mol. The number of rotatable bonds is 8. The highest BCUT2D eigenvalue weighted by Gasteiger charge is 2.24. The second-order valence-electron chi connectivity index (χ2n) is 6.84. The Morgan fingerprint density at radius 2 is 1.83 bits per heavy atom. The van der Waals surface area contributed by atoms with E-state index in [9.17, 15) is 14.7 Å². The predicted molar refractivity (Wildman–Crippen MR) is 92.9 cm³/mol. The molecule has 0 unspecified atom stereocenters. The van der Waals surface area contributed by atoms with Gasteiger partial charge in [-0.1, -0.05) is 30.3 Å². The minimum atomic E-state index is -0.850. The summed E-state index contributed by atoms with van der Waals surface area (Å²) in [5.41, 5.74) is 0.378. The van der Waals surface area contributed by atoms with E-state index in [0.29, 0.717) is 6.42 Å². The fraction of sp³-hybridized carbons (Fsp3) is 0.556. The monoisotopic (exact) mass is 336 g/mol. The number of hydrogen-bond acceptors (Lipinski definition) is 5. The van der Waals surface area contributed by atoms with Crippen molar-refractivity contribution in [3.05, 3.63) is 35.9 Å². The van der Waals surface area contributed by atoms with Crippen molar-refractivity contribution in [2.75, 3.05) is 13.1 Å². The molecule has 2 atom stereocenters. The second-order valence-corrected chi connectivity index (χ2v) is 6.84. The number of benzene rings is 1. The van der Waals surface area contributed by atoms with Crippen molar-refractivity contribution in [3.8, 4) is 0 Å². The number of carbonyl (C=O) groups excluding carboxylic acids is 2. The standard InChI is InChI=1S/C18H28N2O4/c1-13(21)11-19-12-16(22)15(10-14-8-6-5-7-9-14)20-17(23)24-18(2,3)4/h5-9,15-16,19,22H,10-12H2,1-4H3,(H,20,23)/t15-,16+/m1/s1. The number of ether oxygens (including phenoxy) is 1. The largest absolute Gasteiger partial charge is 0.444 e. The Kier molecular flexibility index (Phi) is 7.88. The van der Waals surface area contributed by atoms with E-state index in [-0.39, 0.29) is 18.9 Å². The van der Waals surface area contributed by atoms with E-state index < -0.39 is 23.8 Å². The number of Topliss-reactive ketones (excluding diaryl/α,β-unsaturated/α-hetero) is 1. The molecule has 6 heteroatoms. The lowest BCUT2D eigenvalue weighted by Gasteiger charge is -2.27. The summed E-state index contributed by atoms with van der Waals surface area (Å²) in [7, 11) is 0. The number of hydrogen-bond donors (Lipinski definition) is 3. The van der Waals surface area contributed by atoms with Gasteiger partial charge < -0.3 is 20.5 Å². The predicted octanol–water partition coefficient (Wildman–Crippen LogP) is 1.66. The van der Waals surface area contributed by atoms with Gasteiger partial charge in [0.05, 0.1) is 18.7 Å². The highest BCUT2D eigenvalue weighted by Crippen LogP contribution is 2.10. The Hall–Kier alpha value is -1.92. The molecule has 1 amide bonds. The third-order valence-corrected chi connectivity index (χ3v) is 3.19. The molecule has 0 bridgehead atoms. The first-order valence-electron chi connectivity index (χ1n) is 8.09. The normalized spacial score (nSPS) is 13.9. The summed E-state index contributed by atoms with van der Waals surface area (Å²) in [6.07, 6.45) is -0.964. The van der Waals surface area contributed by atoms with E-state index in [1.54, 1.807) is 20.8 Å². The zero-order valence-corrected chi connectivity index (χ0v) is 14.8. The first kappa shape index (κ1) is 20.1. The van der Waals surface area contributed by atoms with Crippen LogP contribution in [0.3, 0.4) is 0 Å². The molecule has 0 heterocycles. The van der Waals surface area contributed by atoms with Crippen LogP contribution < -0.4 is 10.6 Å². The summed E-state index contributed by atoms with van der Waals surface area (Å²) < 4.78 is 5.26. The molecule has 0 saturated carbocycles. The van der Waals surface area contributed by atoms with Gasteiger partial charge in [-0.3, -0.25) is 4.79 Å². The van der Waals surface area contributed by atoms with Gasteiger partial charge in [-0.05, 0) is 39.7 Å². The molecule has 0 radical (unpaired) electrons. The van der Waals surface area contributed by atoms with Gasteiger partial charge in [0.2, 0.25) is 0 Å². The van der Waals surface area contributed by atoms with E-state index in [0.717, 1.165) is 5.56 Å². The van der Waals surface area contributed by atoms with Gasteiger partial charge in [0.25, 0.3) is 0 Å². The molecule has 1 aromatic carbocycles. The van der Waals surface area contributed by atoms with Crippen molar-refractivity contribution >= 4 is 11.9 Å². The molecule has 0 aliphatic rings. The summed E-state index contributed by atoms with van der Waals surface area (Å²) in [5, 5.41) is 16.0. The van der Waals surface area contributed by atoms with Crippen molar-refractivity contribution in [1.82, 2.24) is 10.6 Å². The molecular formula is C18H28N2O4. The first-order chi connectivity index (χ1) is 11.2. The maximum absolute atomic E-state index is 12.0. The number of aliphatic hydroxyl groups excluding tert-OH is 1. The van der Waals surface area contributed by atoms with Gasteiger partial charge in [0.15, 0.2) is 0 Å². The van der Waals surface area contributed by atoms with E-state index in [2.05, 4.69) is 10.6 Å². The first-order valence-corrected chi connectivity index (χ1v) is 8.09. The maximum atomic E-state index is 12.0. The van der Waals surface area contributed by atoms with Crippen LogP contribution in [0.1, 0.15) is 33.3 Å². The summed E-state index contributed by atoms with van der Waals surface area (Å²) in [6, 6.07) is 9.05. The summed E-state index contributed by atoms with van der Waals surface area (Å²) in [4.78, 5) is 23.0. The fourth-order valence-electron chi connectivity index (χ4n) is 2.15. The molecule has 24 heavy (non-hydrogen) atoms. The zero-order valence-electron chi connectivity index (χ0n) is 14.8. The smallest absolute Gasteiger partial charge is 0.407 e. The quantitative estimate of drug-likeness (QED) is 0.672. The number of amides is 1. The van der Waals surface area contributed by atoms with Crippen molar-refractivity contribution < 1.29 is 19.4 Å². The molecule has 3 N–H and O–H groups in total. The SMILES string of the molecule is CC(=O)CNC[C@H](O)[C@@H](Cc1ccccc1)NC(=O)OC(C)(C)C. The average Bonchev–Trinajstić information content (AvgIpc) is 2.45. The molecular weight excluding hydrogens is 308 g/mol. The Morgan fingerprint density at radius 3 is 2.38 bits per heavy atom. The van der Waals surface area contributed by atoms with Crippen LogP contribution in [0.5, 0.6) is 0 Å². The molecule has 134 valence electrons. The van der Waals surface area contributed by atoms with E-state index in [1.807, 2.05) is 30.3 Å². The highest BCUT2D eigenvalue weighted by molar-refractivity contribution is 5.77. The lowest BCUT2D eigenvalue weighted by Crippen LogP contribution is -2.50. The lowest BCUT2D eigenvalue weighted by molar-refractivity contribution is -0.116. The van der Waals surface area contributed by atoms with Crippen LogP contribution in [0, 0.1) is 0 Å². The van der Waals surface area contributed by atoms with Gasteiger partial charge in [0, 0.05) is 6.54 Å². The van der Waals surface area contributed by atoms with Crippen molar-refractivity contribution in [1.29, 1.82) is 0 Å². The Balaban J connectivity index is 2.70. The second kappa shape index (κ2) is 9.39. The molecule has 0 saturated heterocycles. The van der Waals surface area contributed by atoms with Crippen LogP contribution in [0.15, 0.2) is 30.3 Å². The Bertz CT molecular complexity index is 526. The van der Waals surface area contributed by atoms with Gasteiger partial charge in [-0.25, -0.2) is 4.79 Å². The molecule has 0 spiro atoms. The Morgan fingerprint density at radius 1 is 1.21 bits per heavy atom. The molecule has 1 rings (SSSR count). The van der Waals surface area contributed by atoms with Crippen LogP contribution in [0.25, 0.3) is 0 Å². The van der Waals surface area contributed by atoms with Gasteiger partial charge in [0.1, 0.15) is 11.4 Å². The molecule has 0 aliphatic heterocycles. The molecule has 0 aromatic heterocycles. The molecule has 6 nitrogen and oxygen atoms in total. The minimum absolute atomic E-state index is 0.0121. The summed E-state index contributed by atoms with van der Waals surface area (Å²) >= 11 is 0. The van der Waals surface area contributed by atoms with Crippen LogP contribution >= 0.6 is 0 Å². The van der Waals surface area contributed by atoms with Crippen LogP contribution in [0.2, 0.25) is 0 Å². The third kappa shape index (κ3) is 8.64. The Labute approximate surface area is 143 Å². The van der Waals surface area contributed by atoms with Crippen molar-refractivity contribution in [3.63, 3.8) is 0 Å². The number of nitrogens with one attached hydrogen (secondary N) is 2. The summed E-state index contributed by atoms with van der Waals surface area (Å²) in [5.74, 6) is -0.0121. The number of carbonyl (C=O) groups is 2. The van der Waals surface area contributed by atoms with Crippen LogP contribution in [0.4, 0.5) is 4.79 Å². The highest BCUT2D eigenvalue weighted by atomic mass is 16.6. The van der Waals surface area contributed by atoms with Crippen LogP contribution in [-0.4, -0.2) is 47.8 Å². The van der Waals surface area contributed by atoms with Crippen molar-refractivity contribution in [2.24, 2.45) is 0 Å². The van der Waals surface area contributed by atoms with Crippen molar-refractivity contribution in [2.45, 2.75) is 51.9 Å². The summed E-state index contributed by atoms with van der Waals surface area (Å²) in [6.45, 7) is 7.20. The van der Waals surface area contributed by atoms with Gasteiger partial charge >= 0.3 is 6.09 Å². The van der Waals surface area contributed by atoms with E-state index in [1.165, 1.54) is 6.92 Å². The number of ketones is 1. The topological polar surface area (TPSA) is 87.7 Å². The molecule has 0 fully saturated rings. The maximum Gasteiger partial charge on any atom is 0.407 e. The third-order valence-electron chi connectivity index (χ3n) is 3.19. The van der Waals surface area contributed by atoms with Gasteiger partial charge in [-0.2, -0.15) is 0 Å². The zero-order chi connectivity index (χ0) is 18.2. The molecule has 0 aliphatic carbocycles. The van der Waals surface area contributed by atoms with Crippen LogP contribution in [-0.2, 0) is 16.0 Å². The van der Waals surface area contributed by atoms with Gasteiger partial charge in [-0.15, -0.1) is 0 Å². The lowest BCUT2D eigenvalue weighted by atomic mass is 10.0. The van der Waals surface area contributed by atoms with E-state index in [4.69, 9.17) is 4.74 Å².